The number of carboxylic acids is 1. The Bertz CT molecular complexity index is 719. The first-order chi connectivity index (χ1) is 16.9. The van der Waals surface area contributed by atoms with Gasteiger partial charge in [0.1, 0.15) is 18.1 Å². The predicted molar refractivity (Wildman–Crippen MR) is 135 cm³/mol. The van der Waals surface area contributed by atoms with E-state index in [0.717, 1.165) is 0 Å². The van der Waals surface area contributed by atoms with Crippen LogP contribution in [-0.2, 0) is 24.0 Å². The highest BCUT2D eigenvalue weighted by Gasteiger charge is 2.30. The summed E-state index contributed by atoms with van der Waals surface area (Å²) in [4.78, 5) is 61.2. The van der Waals surface area contributed by atoms with Crippen LogP contribution in [0.5, 0.6) is 0 Å². The highest BCUT2D eigenvalue weighted by Crippen LogP contribution is 2.08. The van der Waals surface area contributed by atoms with Crippen molar-refractivity contribution < 1.29 is 29.1 Å². The third-order valence-electron chi connectivity index (χ3n) is 5.52. The quantitative estimate of drug-likeness (QED) is 0.0870. The van der Waals surface area contributed by atoms with E-state index in [1.54, 1.807) is 0 Å². The van der Waals surface area contributed by atoms with Gasteiger partial charge in [-0.1, -0.05) is 13.8 Å². The molecular formula is C23H45N7O6. The van der Waals surface area contributed by atoms with Gasteiger partial charge >= 0.3 is 5.97 Å². The zero-order valence-corrected chi connectivity index (χ0v) is 21.5. The molecule has 0 rings (SSSR count). The van der Waals surface area contributed by atoms with Crippen LogP contribution in [0.3, 0.4) is 0 Å². The van der Waals surface area contributed by atoms with Crippen LogP contribution in [0, 0.1) is 5.92 Å². The zero-order chi connectivity index (χ0) is 27.7. The van der Waals surface area contributed by atoms with Crippen molar-refractivity contribution in [1.82, 2.24) is 16.0 Å². The summed E-state index contributed by atoms with van der Waals surface area (Å²) >= 11 is 0. The minimum Gasteiger partial charge on any atom is -0.480 e. The summed E-state index contributed by atoms with van der Waals surface area (Å²) < 4.78 is 0. The van der Waals surface area contributed by atoms with Gasteiger partial charge in [-0.2, -0.15) is 0 Å². The molecular weight excluding hydrogens is 470 g/mol. The summed E-state index contributed by atoms with van der Waals surface area (Å²) in [5, 5.41) is 17.1. The molecule has 0 saturated heterocycles. The van der Waals surface area contributed by atoms with Crippen LogP contribution in [-0.4, -0.2) is 72.0 Å². The van der Waals surface area contributed by atoms with Crippen LogP contribution in [0.4, 0.5) is 0 Å². The molecule has 0 aromatic heterocycles. The Balaban J connectivity index is 5.53. The Morgan fingerprint density at radius 1 is 0.722 bits per heavy atom. The third kappa shape index (κ3) is 14.6. The summed E-state index contributed by atoms with van der Waals surface area (Å²) in [5.74, 6) is -3.63. The van der Waals surface area contributed by atoms with Crippen molar-refractivity contribution >= 4 is 29.6 Å². The van der Waals surface area contributed by atoms with Crippen molar-refractivity contribution in [2.75, 3.05) is 13.1 Å². The molecule has 0 radical (unpaired) electrons. The molecule has 0 heterocycles. The second kappa shape index (κ2) is 18.5. The summed E-state index contributed by atoms with van der Waals surface area (Å²) in [6.07, 6.45) is 2.80. The number of amides is 4. The van der Waals surface area contributed by atoms with Gasteiger partial charge in [-0.05, 0) is 70.4 Å². The van der Waals surface area contributed by atoms with Gasteiger partial charge in [0, 0.05) is 6.42 Å². The molecule has 0 spiro atoms. The fourth-order valence-electron chi connectivity index (χ4n) is 3.51. The van der Waals surface area contributed by atoms with E-state index in [2.05, 4.69) is 16.0 Å². The fraction of sp³-hybridized carbons (Fsp3) is 0.783. The molecule has 0 aliphatic carbocycles. The van der Waals surface area contributed by atoms with Gasteiger partial charge in [-0.3, -0.25) is 19.2 Å². The van der Waals surface area contributed by atoms with Crippen LogP contribution in [0.25, 0.3) is 0 Å². The Morgan fingerprint density at radius 3 is 1.56 bits per heavy atom. The standard InChI is InChI=1S/C23H45N7O6/c1-14(2)13-15(26)20(32)28-16(7-3-5-11-24)21(33)29-17(8-4-6-12-25)22(34)30-18(23(35)36)9-10-19(27)31/h14-18H,3-13,24-26H2,1-2H3,(H2,27,31)(H,28,32)(H,29,33)(H,30,34)(H,35,36). The lowest BCUT2D eigenvalue weighted by Crippen LogP contribution is -2.57. The van der Waals surface area contributed by atoms with E-state index in [1.165, 1.54) is 0 Å². The smallest absolute Gasteiger partial charge is 0.326 e. The number of carbonyl (C=O) groups is 5. The summed E-state index contributed by atoms with van der Waals surface area (Å²) in [7, 11) is 0. The average molecular weight is 516 g/mol. The number of unbranched alkanes of at least 4 members (excludes halogenated alkanes) is 2. The van der Waals surface area contributed by atoms with Gasteiger partial charge in [0.05, 0.1) is 6.04 Å². The molecule has 0 aromatic carbocycles. The molecule has 4 amide bonds. The summed E-state index contributed by atoms with van der Waals surface area (Å²) in [6.45, 7) is 4.65. The zero-order valence-electron chi connectivity index (χ0n) is 21.5. The second-order valence-corrected chi connectivity index (χ2v) is 9.33. The second-order valence-electron chi connectivity index (χ2n) is 9.33. The van der Waals surface area contributed by atoms with Crippen molar-refractivity contribution in [1.29, 1.82) is 0 Å². The van der Waals surface area contributed by atoms with Crippen molar-refractivity contribution in [3.05, 3.63) is 0 Å². The lowest BCUT2D eigenvalue weighted by Gasteiger charge is -2.25. The number of nitrogens with one attached hydrogen (secondary N) is 3. The SMILES string of the molecule is CC(C)CC(N)C(=O)NC(CCCCN)C(=O)NC(CCCCN)C(=O)NC(CCC(N)=O)C(=O)O. The number of carboxylic acid groups (broad SMARTS) is 1. The summed E-state index contributed by atoms with van der Waals surface area (Å²) in [6, 6.07) is -4.16. The fourth-order valence-corrected chi connectivity index (χ4v) is 3.51. The van der Waals surface area contributed by atoms with E-state index in [-0.39, 0.29) is 31.6 Å². The molecule has 0 aliphatic rings. The molecule has 13 nitrogen and oxygen atoms in total. The molecule has 36 heavy (non-hydrogen) atoms. The molecule has 13 heteroatoms. The van der Waals surface area contributed by atoms with Crippen molar-refractivity contribution in [3.8, 4) is 0 Å². The van der Waals surface area contributed by atoms with E-state index in [0.29, 0.717) is 45.2 Å². The van der Waals surface area contributed by atoms with Gasteiger partial charge in [-0.25, -0.2) is 4.79 Å². The van der Waals surface area contributed by atoms with Crippen LogP contribution < -0.4 is 38.9 Å². The van der Waals surface area contributed by atoms with E-state index >= 15 is 0 Å². The Labute approximate surface area is 212 Å². The monoisotopic (exact) mass is 515 g/mol. The molecule has 4 unspecified atom stereocenters. The minimum atomic E-state index is -1.35. The van der Waals surface area contributed by atoms with Crippen LogP contribution in [0.1, 0.15) is 71.6 Å². The Kier molecular flexibility index (Phi) is 17.1. The first kappa shape index (κ1) is 33.2. The van der Waals surface area contributed by atoms with E-state index in [4.69, 9.17) is 22.9 Å². The maximum Gasteiger partial charge on any atom is 0.326 e. The Hall–Kier alpha value is -2.77. The molecule has 0 aliphatic heterocycles. The van der Waals surface area contributed by atoms with Gasteiger partial charge in [-0.15, -0.1) is 0 Å². The number of primary amides is 1. The molecule has 0 saturated carbocycles. The number of carbonyl (C=O) groups excluding carboxylic acids is 4. The first-order valence-electron chi connectivity index (χ1n) is 12.5. The highest BCUT2D eigenvalue weighted by molar-refractivity contribution is 5.94. The normalized spacial score (nSPS) is 14.4. The number of nitrogens with two attached hydrogens (primary N) is 4. The minimum absolute atomic E-state index is 0.183. The molecule has 0 fully saturated rings. The number of aliphatic carboxylic acids is 1. The van der Waals surface area contributed by atoms with E-state index in [9.17, 15) is 29.1 Å². The van der Waals surface area contributed by atoms with Crippen LogP contribution in [0.2, 0.25) is 0 Å². The number of rotatable bonds is 20. The van der Waals surface area contributed by atoms with Crippen LogP contribution in [0.15, 0.2) is 0 Å². The number of hydrogen-bond donors (Lipinski definition) is 8. The molecule has 12 N–H and O–H groups in total. The third-order valence-corrected chi connectivity index (χ3v) is 5.52. The maximum atomic E-state index is 13.1. The molecule has 0 aromatic rings. The van der Waals surface area contributed by atoms with Gasteiger partial charge in [0.15, 0.2) is 0 Å². The Morgan fingerprint density at radius 2 is 1.17 bits per heavy atom. The van der Waals surface area contributed by atoms with E-state index < -0.39 is 53.8 Å². The highest BCUT2D eigenvalue weighted by atomic mass is 16.4. The topological polar surface area (TPSA) is 246 Å². The molecule has 4 atom stereocenters. The molecule has 208 valence electrons. The number of hydrogen-bond acceptors (Lipinski definition) is 8. The van der Waals surface area contributed by atoms with Crippen molar-refractivity contribution in [2.24, 2.45) is 28.9 Å². The van der Waals surface area contributed by atoms with E-state index in [1.807, 2.05) is 13.8 Å². The molecule has 0 bridgehead atoms. The van der Waals surface area contributed by atoms with Gasteiger partial charge in [0.2, 0.25) is 23.6 Å². The largest absolute Gasteiger partial charge is 0.480 e. The first-order valence-corrected chi connectivity index (χ1v) is 12.5. The maximum absolute atomic E-state index is 13.1. The predicted octanol–water partition coefficient (Wildman–Crippen LogP) is -1.58. The summed E-state index contributed by atoms with van der Waals surface area (Å²) in [5.41, 5.74) is 22.1. The van der Waals surface area contributed by atoms with Gasteiger partial charge < -0.3 is 44.0 Å². The van der Waals surface area contributed by atoms with Crippen molar-refractivity contribution in [2.45, 2.75) is 95.8 Å². The lowest BCUT2D eigenvalue weighted by atomic mass is 10.0. The van der Waals surface area contributed by atoms with Crippen molar-refractivity contribution in [3.63, 3.8) is 0 Å². The lowest BCUT2D eigenvalue weighted by molar-refractivity contribution is -0.142. The average Bonchev–Trinajstić information content (AvgIpc) is 2.79. The van der Waals surface area contributed by atoms with Gasteiger partial charge in [0.25, 0.3) is 0 Å². The van der Waals surface area contributed by atoms with Crippen LogP contribution >= 0.6 is 0 Å².